The predicted molar refractivity (Wildman–Crippen MR) is 41.3 cm³/mol. The first-order valence-corrected chi connectivity index (χ1v) is 4.45. The van der Waals surface area contributed by atoms with Gasteiger partial charge in [-0.3, -0.25) is 4.79 Å². The lowest BCUT2D eigenvalue weighted by Gasteiger charge is -2.34. The Morgan fingerprint density at radius 2 is 2.18 bits per heavy atom. The fourth-order valence-electron chi connectivity index (χ4n) is 2.17. The Morgan fingerprint density at radius 1 is 1.27 bits per heavy atom. The number of carbonyl (C=O) groups is 1. The average Bonchev–Trinajstić information content (AvgIpc) is 2.04. The van der Waals surface area contributed by atoms with Gasteiger partial charge in [-0.2, -0.15) is 0 Å². The highest BCUT2D eigenvalue weighted by Gasteiger charge is 2.31. The van der Waals surface area contributed by atoms with Gasteiger partial charge in [0.25, 0.3) is 0 Å². The van der Waals surface area contributed by atoms with Gasteiger partial charge in [0.15, 0.2) is 0 Å². The molecule has 1 saturated heterocycles. The van der Waals surface area contributed by atoms with E-state index in [9.17, 15) is 4.79 Å². The molecule has 0 aromatic rings. The van der Waals surface area contributed by atoms with Crippen molar-refractivity contribution in [2.75, 3.05) is 13.2 Å². The molecule has 11 heavy (non-hydrogen) atoms. The van der Waals surface area contributed by atoms with Crippen LogP contribution in [-0.2, 0) is 9.53 Å². The largest absolute Gasteiger partial charge is 0.381 e. The van der Waals surface area contributed by atoms with Crippen LogP contribution < -0.4 is 0 Å². The van der Waals surface area contributed by atoms with Crippen LogP contribution in [0.2, 0.25) is 0 Å². The lowest BCUT2D eigenvalue weighted by molar-refractivity contribution is -0.125. The Bertz CT molecular complexity index is 165. The molecule has 1 aliphatic heterocycles. The third-order valence-electron chi connectivity index (χ3n) is 2.92. The normalized spacial score (nSPS) is 38.4. The third kappa shape index (κ3) is 1.45. The van der Waals surface area contributed by atoms with Gasteiger partial charge in [0.1, 0.15) is 5.78 Å². The molecule has 0 amide bonds. The highest BCUT2D eigenvalue weighted by atomic mass is 16.5. The standard InChI is InChI=1S/C9H14O2/c10-9-2-1-8-6-11-4-3-7(8)5-9/h7-8H,1-6H2/t7-,8-/m0/s1. The monoisotopic (exact) mass is 154 g/mol. The van der Waals surface area contributed by atoms with Crippen molar-refractivity contribution in [2.24, 2.45) is 11.8 Å². The summed E-state index contributed by atoms with van der Waals surface area (Å²) in [6.45, 7) is 1.77. The second kappa shape index (κ2) is 2.94. The molecule has 62 valence electrons. The van der Waals surface area contributed by atoms with Gasteiger partial charge in [-0.1, -0.05) is 0 Å². The third-order valence-corrected chi connectivity index (χ3v) is 2.92. The quantitative estimate of drug-likeness (QED) is 0.527. The van der Waals surface area contributed by atoms with E-state index in [1.807, 2.05) is 0 Å². The van der Waals surface area contributed by atoms with E-state index in [0.717, 1.165) is 38.9 Å². The Hall–Kier alpha value is -0.370. The summed E-state index contributed by atoms with van der Waals surface area (Å²) in [7, 11) is 0. The average molecular weight is 154 g/mol. The van der Waals surface area contributed by atoms with Gasteiger partial charge in [0.05, 0.1) is 0 Å². The Balaban J connectivity index is 1.98. The topological polar surface area (TPSA) is 26.3 Å². The van der Waals surface area contributed by atoms with Crippen LogP contribution in [0.4, 0.5) is 0 Å². The number of rotatable bonds is 0. The van der Waals surface area contributed by atoms with Crippen molar-refractivity contribution in [2.45, 2.75) is 25.7 Å². The molecule has 0 N–H and O–H groups in total. The molecular weight excluding hydrogens is 140 g/mol. The molecule has 2 nitrogen and oxygen atoms in total. The number of ketones is 1. The lowest BCUT2D eigenvalue weighted by atomic mass is 9.76. The smallest absolute Gasteiger partial charge is 0.133 e. The summed E-state index contributed by atoms with van der Waals surface area (Å²) in [5, 5.41) is 0. The minimum Gasteiger partial charge on any atom is -0.381 e. The molecule has 1 saturated carbocycles. The SMILES string of the molecule is O=C1CC[C@H]2COCC[C@H]2C1. The molecule has 0 spiro atoms. The first-order chi connectivity index (χ1) is 5.36. The highest BCUT2D eigenvalue weighted by Crippen LogP contribution is 2.33. The second-order valence-corrected chi connectivity index (χ2v) is 3.67. The van der Waals surface area contributed by atoms with Crippen LogP contribution >= 0.6 is 0 Å². The molecule has 2 fully saturated rings. The zero-order valence-electron chi connectivity index (χ0n) is 6.71. The molecule has 0 radical (unpaired) electrons. The summed E-state index contributed by atoms with van der Waals surface area (Å²) < 4.78 is 5.36. The molecule has 0 unspecified atom stereocenters. The number of Topliss-reactive ketones (excluding diaryl/α,β-unsaturated/α-hetero) is 1. The highest BCUT2D eigenvalue weighted by molar-refractivity contribution is 5.79. The minimum atomic E-state index is 0.466. The van der Waals surface area contributed by atoms with Crippen molar-refractivity contribution in [3.8, 4) is 0 Å². The molecule has 2 rings (SSSR count). The van der Waals surface area contributed by atoms with E-state index in [1.165, 1.54) is 0 Å². The summed E-state index contributed by atoms with van der Waals surface area (Å²) in [6.07, 6.45) is 3.80. The van der Waals surface area contributed by atoms with Crippen LogP contribution in [0.3, 0.4) is 0 Å². The molecule has 0 aromatic carbocycles. The van der Waals surface area contributed by atoms with E-state index in [1.54, 1.807) is 0 Å². The van der Waals surface area contributed by atoms with Crippen molar-refractivity contribution in [3.63, 3.8) is 0 Å². The molecular formula is C9H14O2. The Kier molecular flexibility index (Phi) is 1.95. The van der Waals surface area contributed by atoms with Gasteiger partial charge in [-0.05, 0) is 24.7 Å². The molecule has 2 heteroatoms. The van der Waals surface area contributed by atoms with Crippen molar-refractivity contribution in [1.82, 2.24) is 0 Å². The van der Waals surface area contributed by atoms with Crippen LogP contribution in [0, 0.1) is 11.8 Å². The van der Waals surface area contributed by atoms with Gasteiger partial charge in [-0.25, -0.2) is 0 Å². The zero-order chi connectivity index (χ0) is 7.68. The van der Waals surface area contributed by atoms with E-state index >= 15 is 0 Å². The van der Waals surface area contributed by atoms with Crippen LogP contribution in [-0.4, -0.2) is 19.0 Å². The van der Waals surface area contributed by atoms with E-state index in [0.29, 0.717) is 17.6 Å². The maximum atomic E-state index is 11.1. The maximum Gasteiger partial charge on any atom is 0.133 e. The fourth-order valence-corrected chi connectivity index (χ4v) is 2.17. The summed E-state index contributed by atoms with van der Waals surface area (Å²) in [4.78, 5) is 11.1. The van der Waals surface area contributed by atoms with Crippen molar-refractivity contribution < 1.29 is 9.53 Å². The second-order valence-electron chi connectivity index (χ2n) is 3.67. The summed E-state index contributed by atoms with van der Waals surface area (Å²) in [6, 6.07) is 0. The van der Waals surface area contributed by atoms with E-state index in [-0.39, 0.29) is 0 Å². The Labute approximate surface area is 66.9 Å². The number of carbonyl (C=O) groups excluding carboxylic acids is 1. The van der Waals surface area contributed by atoms with Crippen molar-refractivity contribution in [1.29, 1.82) is 0 Å². The van der Waals surface area contributed by atoms with E-state index < -0.39 is 0 Å². The minimum absolute atomic E-state index is 0.466. The van der Waals surface area contributed by atoms with Crippen molar-refractivity contribution >= 4 is 5.78 Å². The molecule has 1 heterocycles. The zero-order valence-corrected chi connectivity index (χ0v) is 6.71. The van der Waals surface area contributed by atoms with Crippen LogP contribution in [0.1, 0.15) is 25.7 Å². The van der Waals surface area contributed by atoms with Crippen LogP contribution in [0.25, 0.3) is 0 Å². The van der Waals surface area contributed by atoms with Gasteiger partial charge in [0.2, 0.25) is 0 Å². The number of fused-ring (bicyclic) bond motifs is 1. The summed E-state index contributed by atoms with van der Waals surface area (Å²) in [5.41, 5.74) is 0. The van der Waals surface area contributed by atoms with E-state index in [4.69, 9.17) is 4.74 Å². The summed E-state index contributed by atoms with van der Waals surface area (Å²) in [5.74, 6) is 1.82. The van der Waals surface area contributed by atoms with Crippen LogP contribution in [0.5, 0.6) is 0 Å². The molecule has 0 aromatic heterocycles. The summed E-state index contributed by atoms with van der Waals surface area (Å²) >= 11 is 0. The first-order valence-electron chi connectivity index (χ1n) is 4.45. The Morgan fingerprint density at radius 3 is 3.09 bits per heavy atom. The van der Waals surface area contributed by atoms with Gasteiger partial charge < -0.3 is 4.74 Å². The van der Waals surface area contributed by atoms with E-state index in [2.05, 4.69) is 0 Å². The maximum absolute atomic E-state index is 11.1. The molecule has 2 aliphatic rings. The number of hydrogen-bond acceptors (Lipinski definition) is 2. The van der Waals surface area contributed by atoms with Crippen molar-refractivity contribution in [3.05, 3.63) is 0 Å². The number of ether oxygens (including phenoxy) is 1. The van der Waals surface area contributed by atoms with Gasteiger partial charge in [-0.15, -0.1) is 0 Å². The predicted octanol–water partition coefficient (Wildman–Crippen LogP) is 1.39. The van der Waals surface area contributed by atoms with Gasteiger partial charge >= 0.3 is 0 Å². The number of hydrogen-bond donors (Lipinski definition) is 0. The van der Waals surface area contributed by atoms with Gasteiger partial charge in [0, 0.05) is 26.1 Å². The molecule has 0 bridgehead atoms. The van der Waals surface area contributed by atoms with Crippen LogP contribution in [0.15, 0.2) is 0 Å². The molecule has 2 atom stereocenters. The molecule has 1 aliphatic carbocycles. The fraction of sp³-hybridized carbons (Fsp3) is 0.889. The lowest BCUT2D eigenvalue weighted by Crippen LogP contribution is -2.33. The first kappa shape index (κ1) is 7.29.